The number of carbonyl (C=O) groups excluding carboxylic acids is 2. The van der Waals surface area contributed by atoms with Crippen LogP contribution in [-0.2, 0) is 9.53 Å². The number of nitrogens with zero attached hydrogens (tertiary/aromatic N) is 5. The van der Waals surface area contributed by atoms with Crippen molar-refractivity contribution in [3.63, 3.8) is 0 Å². The number of piperazine rings is 1. The average molecular weight is 477 g/mol. The predicted octanol–water partition coefficient (Wildman–Crippen LogP) is 1.39. The Hall–Kier alpha value is -2.27. The Labute approximate surface area is 201 Å². The van der Waals surface area contributed by atoms with E-state index < -0.39 is 6.09 Å². The molecule has 1 N–H and O–H groups in total. The summed E-state index contributed by atoms with van der Waals surface area (Å²) in [5.74, 6) is -0.280. The molecule has 3 heterocycles. The molecule has 1 amide bonds. The van der Waals surface area contributed by atoms with Gasteiger partial charge in [-0.25, -0.2) is 14.2 Å². The van der Waals surface area contributed by atoms with E-state index in [0.29, 0.717) is 37.3 Å². The molecule has 188 valence electrons. The Kier molecular flexibility index (Phi) is 8.36. The third-order valence-corrected chi connectivity index (χ3v) is 6.92. The number of ketones is 1. The lowest BCUT2D eigenvalue weighted by atomic mass is 10.1. The minimum Gasteiger partial charge on any atom is -0.444 e. The second kappa shape index (κ2) is 11.4. The SMILES string of the molecule is CC(=O)CC[C@H]1CN(c2ccc(N3CCNN(CCN4CCN(C)CC4)CC3)c(F)c2)C(=O)O1. The number of amides is 1. The zero-order valence-corrected chi connectivity index (χ0v) is 20.3. The van der Waals surface area contributed by atoms with Crippen molar-refractivity contribution in [1.29, 1.82) is 0 Å². The fourth-order valence-electron chi connectivity index (χ4n) is 4.71. The summed E-state index contributed by atoms with van der Waals surface area (Å²) in [6, 6.07) is 4.94. The monoisotopic (exact) mass is 476 g/mol. The lowest BCUT2D eigenvalue weighted by molar-refractivity contribution is -0.117. The average Bonchev–Trinajstić information content (AvgIpc) is 3.03. The van der Waals surface area contributed by atoms with Gasteiger partial charge in [0.05, 0.1) is 17.9 Å². The quantitative estimate of drug-likeness (QED) is 0.604. The van der Waals surface area contributed by atoms with E-state index in [4.69, 9.17) is 4.74 Å². The Balaban J connectivity index is 1.30. The zero-order valence-electron chi connectivity index (χ0n) is 20.3. The second-order valence-corrected chi connectivity index (χ2v) is 9.52. The fraction of sp³-hybridized carbons (Fsp3) is 0.667. The van der Waals surface area contributed by atoms with E-state index in [1.807, 2.05) is 0 Å². The van der Waals surface area contributed by atoms with Crippen molar-refractivity contribution < 1.29 is 18.7 Å². The van der Waals surface area contributed by atoms with E-state index in [2.05, 4.69) is 32.2 Å². The van der Waals surface area contributed by atoms with Crippen LogP contribution in [0.15, 0.2) is 18.2 Å². The molecular formula is C24H37FN6O3. The van der Waals surface area contributed by atoms with Gasteiger partial charge in [-0.2, -0.15) is 0 Å². The topological polar surface area (TPSA) is 71.6 Å². The maximum absolute atomic E-state index is 15.1. The number of Topliss-reactive ketones (excluding diaryl/α,β-unsaturated/α-hetero) is 1. The molecule has 4 rings (SSSR count). The van der Waals surface area contributed by atoms with Crippen molar-refractivity contribution in [3.8, 4) is 0 Å². The van der Waals surface area contributed by atoms with Gasteiger partial charge in [-0.05, 0) is 38.6 Å². The minimum atomic E-state index is -0.490. The molecular weight excluding hydrogens is 439 g/mol. The highest BCUT2D eigenvalue weighted by atomic mass is 19.1. The number of rotatable bonds is 8. The van der Waals surface area contributed by atoms with Crippen LogP contribution >= 0.6 is 0 Å². The molecule has 3 saturated heterocycles. The molecule has 10 heteroatoms. The molecule has 0 aliphatic carbocycles. The molecule has 9 nitrogen and oxygen atoms in total. The first kappa shape index (κ1) is 24.8. The van der Waals surface area contributed by atoms with Crippen molar-refractivity contribution in [2.45, 2.75) is 25.9 Å². The first-order valence-electron chi connectivity index (χ1n) is 12.3. The lowest BCUT2D eigenvalue weighted by Crippen LogP contribution is -2.49. The maximum atomic E-state index is 15.1. The summed E-state index contributed by atoms with van der Waals surface area (Å²) < 4.78 is 20.5. The molecule has 0 saturated carbocycles. The van der Waals surface area contributed by atoms with E-state index in [1.165, 1.54) is 17.9 Å². The van der Waals surface area contributed by atoms with Gasteiger partial charge in [0, 0.05) is 71.9 Å². The summed E-state index contributed by atoms with van der Waals surface area (Å²) in [5.41, 5.74) is 4.51. The van der Waals surface area contributed by atoms with E-state index in [0.717, 1.165) is 58.9 Å². The van der Waals surface area contributed by atoms with Crippen molar-refractivity contribution in [2.24, 2.45) is 0 Å². The summed E-state index contributed by atoms with van der Waals surface area (Å²) in [5, 5.41) is 2.24. The van der Waals surface area contributed by atoms with Crippen LogP contribution in [0.1, 0.15) is 19.8 Å². The smallest absolute Gasteiger partial charge is 0.414 e. The molecule has 3 aliphatic rings. The molecule has 0 unspecified atom stereocenters. The Bertz CT molecular complexity index is 863. The summed E-state index contributed by atoms with van der Waals surface area (Å²) in [6.07, 6.45) is 0.0296. The zero-order chi connectivity index (χ0) is 24.1. The van der Waals surface area contributed by atoms with Crippen molar-refractivity contribution in [1.82, 2.24) is 20.2 Å². The lowest BCUT2D eigenvalue weighted by Gasteiger charge is -2.33. The molecule has 1 aromatic carbocycles. The van der Waals surface area contributed by atoms with Crippen LogP contribution in [-0.4, -0.2) is 112 Å². The molecule has 34 heavy (non-hydrogen) atoms. The Morgan fingerprint density at radius 3 is 2.65 bits per heavy atom. The standard InChI is InChI=1S/C24H37FN6O3/c1-19(32)3-5-21-18-31(24(33)34-21)20-4-6-23(22(25)17-20)29-8-7-26-30(16-14-29)15-13-28-11-9-27(2)10-12-28/h4,6,17,21,26H,3,5,7-16,18H2,1-2H3/t21-/m0/s1. The Morgan fingerprint density at radius 2 is 1.91 bits per heavy atom. The third-order valence-electron chi connectivity index (χ3n) is 6.92. The third kappa shape index (κ3) is 6.44. The number of hydrogen-bond donors (Lipinski definition) is 1. The highest BCUT2D eigenvalue weighted by Gasteiger charge is 2.33. The van der Waals surface area contributed by atoms with Crippen molar-refractivity contribution in [2.75, 3.05) is 88.8 Å². The number of nitrogens with one attached hydrogen (secondary N) is 1. The number of ether oxygens (including phenoxy) is 1. The molecule has 0 radical (unpaired) electrons. The molecule has 0 spiro atoms. The number of benzene rings is 1. The van der Waals surface area contributed by atoms with Crippen LogP contribution < -0.4 is 15.2 Å². The van der Waals surface area contributed by atoms with Crippen LogP contribution in [0.2, 0.25) is 0 Å². The largest absolute Gasteiger partial charge is 0.444 e. The number of hydrazine groups is 1. The van der Waals surface area contributed by atoms with Crippen molar-refractivity contribution >= 4 is 23.3 Å². The van der Waals surface area contributed by atoms with Gasteiger partial charge in [-0.3, -0.25) is 15.2 Å². The predicted molar refractivity (Wildman–Crippen MR) is 130 cm³/mol. The number of carbonyl (C=O) groups is 2. The minimum absolute atomic E-state index is 0.0646. The second-order valence-electron chi connectivity index (χ2n) is 9.52. The van der Waals surface area contributed by atoms with E-state index >= 15 is 4.39 Å². The molecule has 1 aromatic rings. The van der Waals surface area contributed by atoms with E-state index in [9.17, 15) is 9.59 Å². The number of anilines is 2. The number of hydrogen-bond acceptors (Lipinski definition) is 8. The number of cyclic esters (lactones) is 1. The number of likely N-dealkylation sites (N-methyl/N-ethyl adjacent to an activating group) is 1. The normalized spacial score (nSPS) is 23.3. The van der Waals surface area contributed by atoms with Crippen LogP contribution in [0, 0.1) is 5.82 Å². The highest BCUT2D eigenvalue weighted by molar-refractivity contribution is 5.90. The van der Waals surface area contributed by atoms with Gasteiger partial charge in [0.1, 0.15) is 17.7 Å². The summed E-state index contributed by atoms with van der Waals surface area (Å²) in [7, 11) is 2.16. The van der Waals surface area contributed by atoms with Gasteiger partial charge in [-0.15, -0.1) is 0 Å². The first-order chi connectivity index (χ1) is 16.4. The maximum Gasteiger partial charge on any atom is 0.414 e. The number of halogens is 1. The molecule has 3 aliphatic heterocycles. The van der Waals surface area contributed by atoms with Gasteiger partial charge >= 0.3 is 6.09 Å². The van der Waals surface area contributed by atoms with Crippen LogP contribution in [0.25, 0.3) is 0 Å². The van der Waals surface area contributed by atoms with Gasteiger partial charge in [0.25, 0.3) is 0 Å². The van der Waals surface area contributed by atoms with Gasteiger partial charge in [0.2, 0.25) is 0 Å². The molecule has 0 bridgehead atoms. The summed E-state index contributed by atoms with van der Waals surface area (Å²) >= 11 is 0. The van der Waals surface area contributed by atoms with Crippen LogP contribution in [0.4, 0.5) is 20.6 Å². The van der Waals surface area contributed by atoms with Crippen LogP contribution in [0.5, 0.6) is 0 Å². The van der Waals surface area contributed by atoms with E-state index in [-0.39, 0.29) is 17.7 Å². The van der Waals surface area contributed by atoms with Gasteiger partial charge in [-0.1, -0.05) is 0 Å². The van der Waals surface area contributed by atoms with Crippen LogP contribution in [0.3, 0.4) is 0 Å². The summed E-state index contributed by atoms with van der Waals surface area (Å²) in [6.45, 7) is 11.3. The Morgan fingerprint density at radius 1 is 1.12 bits per heavy atom. The van der Waals surface area contributed by atoms with E-state index in [1.54, 1.807) is 12.1 Å². The fourth-order valence-corrected chi connectivity index (χ4v) is 4.71. The first-order valence-corrected chi connectivity index (χ1v) is 12.3. The van der Waals surface area contributed by atoms with Gasteiger partial charge < -0.3 is 19.3 Å². The molecule has 1 atom stereocenters. The highest BCUT2D eigenvalue weighted by Crippen LogP contribution is 2.29. The molecule has 3 fully saturated rings. The van der Waals surface area contributed by atoms with Crippen molar-refractivity contribution in [3.05, 3.63) is 24.0 Å². The summed E-state index contributed by atoms with van der Waals surface area (Å²) in [4.78, 5) is 31.8. The molecule has 0 aromatic heterocycles. The van der Waals surface area contributed by atoms with Gasteiger partial charge in [0.15, 0.2) is 0 Å².